The monoisotopic (exact) mass is 917 g/mol. The van der Waals surface area contributed by atoms with E-state index in [4.69, 9.17) is 4.65 Å². The average molecular weight is 918 g/mol. The highest BCUT2D eigenvalue weighted by Crippen LogP contribution is 2.38. The Morgan fingerprint density at radius 3 is 0.828 bits per heavy atom. The van der Waals surface area contributed by atoms with E-state index < -0.39 is 133 Å². The molecule has 0 aliphatic rings. The van der Waals surface area contributed by atoms with Crippen molar-refractivity contribution in [2.24, 2.45) is 9.98 Å². The molecule has 0 atom stereocenters. The third-order valence-electron chi connectivity index (χ3n) is 10.7. The van der Waals surface area contributed by atoms with Crippen molar-refractivity contribution in [1.29, 1.82) is 0 Å². The molecule has 5 aromatic rings. The second kappa shape index (κ2) is 18.4. The van der Waals surface area contributed by atoms with Gasteiger partial charge in [0, 0.05) is 0 Å². The lowest BCUT2D eigenvalue weighted by Crippen LogP contribution is -2.76. The van der Waals surface area contributed by atoms with Crippen LogP contribution in [0.3, 0.4) is 0 Å². The van der Waals surface area contributed by atoms with E-state index in [0.717, 1.165) is 6.92 Å². The quantitative estimate of drug-likeness (QED) is 0.0325. The van der Waals surface area contributed by atoms with Gasteiger partial charge < -0.3 is 4.65 Å². The number of rotatable bonds is 11. The molecule has 0 spiro atoms. The van der Waals surface area contributed by atoms with Gasteiger partial charge in [-0.2, -0.15) is 0 Å². The third-order valence-corrected chi connectivity index (χ3v) is 10.7. The summed E-state index contributed by atoms with van der Waals surface area (Å²) in [5.41, 5.74) is -8.26. The number of aliphatic imine (C=N–C) groups is 2. The molecule has 0 fully saturated rings. The van der Waals surface area contributed by atoms with Crippen molar-refractivity contribution in [1.82, 2.24) is 0 Å². The number of nitrogens with zero attached hydrogens (tertiary/aromatic N) is 2. The van der Waals surface area contributed by atoms with Crippen molar-refractivity contribution in [3.63, 3.8) is 0 Å². The molecule has 0 N–H and O–H groups in total. The Labute approximate surface area is 357 Å². The van der Waals surface area contributed by atoms with Gasteiger partial charge in [0.2, 0.25) is 0 Å². The number of benzene rings is 5. The Hall–Kier alpha value is -5.75. The number of para-hydroxylation sites is 2. The molecule has 0 amide bonds. The SMILES string of the molecule is CC(=Nc1c(C(C)C)cccc1C(C)C)C(=Nc1c(C(C)C)cccc1C(C)C)O[B-](c1c(F)c(F)c(F)c(F)c1F)(c1c(F)c(F)c(F)c(F)c1F)c1c(F)c(F)c(F)c(F)c1F. The molecular formula is C45H37BF15N2O-. The average Bonchev–Trinajstić information content (AvgIpc) is 3.24. The van der Waals surface area contributed by atoms with Crippen LogP contribution >= 0.6 is 0 Å². The summed E-state index contributed by atoms with van der Waals surface area (Å²) in [5, 5.41) is 0. The Morgan fingerprint density at radius 2 is 0.594 bits per heavy atom. The zero-order valence-electron chi connectivity index (χ0n) is 35.3. The van der Waals surface area contributed by atoms with Crippen molar-refractivity contribution < 1.29 is 70.5 Å². The maximum Gasteiger partial charge on any atom is 0.267 e. The van der Waals surface area contributed by atoms with Gasteiger partial charge in [0.25, 0.3) is 6.35 Å². The molecule has 342 valence electrons. The van der Waals surface area contributed by atoms with Crippen LogP contribution in [0.2, 0.25) is 0 Å². The van der Waals surface area contributed by atoms with Crippen LogP contribution < -0.4 is 16.4 Å². The zero-order valence-corrected chi connectivity index (χ0v) is 35.3. The summed E-state index contributed by atoms with van der Waals surface area (Å²) in [7, 11) is 0. The van der Waals surface area contributed by atoms with E-state index >= 15 is 52.7 Å². The van der Waals surface area contributed by atoms with E-state index in [9.17, 15) is 13.2 Å². The fourth-order valence-electron chi connectivity index (χ4n) is 7.50. The minimum atomic E-state index is -6.49. The summed E-state index contributed by atoms with van der Waals surface area (Å²) >= 11 is 0. The van der Waals surface area contributed by atoms with Crippen molar-refractivity contribution in [3.05, 3.63) is 146 Å². The highest BCUT2D eigenvalue weighted by Gasteiger charge is 2.51. The number of halogens is 15. The van der Waals surface area contributed by atoms with Crippen LogP contribution in [0.4, 0.5) is 77.2 Å². The number of hydrogen-bond acceptors (Lipinski definition) is 3. The van der Waals surface area contributed by atoms with E-state index in [-0.39, 0.29) is 34.3 Å². The highest BCUT2D eigenvalue weighted by atomic mass is 19.2. The molecule has 0 aliphatic carbocycles. The van der Waals surface area contributed by atoms with E-state index in [1.807, 2.05) is 0 Å². The molecule has 0 unspecified atom stereocenters. The lowest BCUT2D eigenvalue weighted by atomic mass is 9.27. The molecule has 0 aromatic heterocycles. The molecule has 5 rings (SSSR count). The Morgan fingerprint density at radius 1 is 0.375 bits per heavy atom. The van der Waals surface area contributed by atoms with E-state index in [0.29, 0.717) is 11.1 Å². The molecule has 64 heavy (non-hydrogen) atoms. The van der Waals surface area contributed by atoms with Gasteiger partial charge in [0.05, 0.1) is 17.1 Å². The topological polar surface area (TPSA) is 34.0 Å². The minimum absolute atomic E-state index is 0.0734. The summed E-state index contributed by atoms with van der Waals surface area (Å²) in [6.07, 6.45) is -6.49. The van der Waals surface area contributed by atoms with Crippen molar-refractivity contribution in [2.45, 2.75) is 86.0 Å². The molecule has 19 heteroatoms. The molecular weight excluding hydrogens is 880 g/mol. The smallest absolute Gasteiger partial charge is 0.267 e. The van der Waals surface area contributed by atoms with Crippen molar-refractivity contribution >= 4 is 45.7 Å². The predicted octanol–water partition coefficient (Wildman–Crippen LogP) is 12.8. The first-order chi connectivity index (χ1) is 29.8. The van der Waals surface area contributed by atoms with E-state index in [1.54, 1.807) is 79.7 Å². The molecule has 0 bridgehead atoms. The largest absolute Gasteiger partial charge is 0.687 e. The first kappa shape index (κ1) is 49.3. The molecule has 3 nitrogen and oxygen atoms in total. The van der Waals surface area contributed by atoms with Gasteiger partial charge in [-0.3, -0.25) is 0 Å². The minimum Gasteiger partial charge on any atom is -0.687 e. The lowest BCUT2D eigenvalue weighted by Gasteiger charge is -2.45. The third kappa shape index (κ3) is 8.14. The molecule has 0 heterocycles. The van der Waals surface area contributed by atoms with Crippen LogP contribution in [0.5, 0.6) is 0 Å². The standard InChI is InChI=1S/C45H37BF15N2O/c1-16(2)21-12-10-13-22(17(3)4)43(21)62-20(9)45(63-44-23(18(5)6)14-11-15-24(44)19(7)8)64-46(25-28(47)34(53)40(59)35(54)29(25)48,26-30(49)36(55)41(60)37(56)31(26)50)27-32(51)38(57)42(61)39(58)33(27)52/h10-19H,1-9H3/q-1. The molecule has 0 radical (unpaired) electrons. The van der Waals surface area contributed by atoms with Crippen LogP contribution in [0, 0.1) is 87.3 Å². The fraction of sp³-hybridized carbons (Fsp3) is 0.289. The van der Waals surface area contributed by atoms with Gasteiger partial charge in [-0.1, -0.05) is 108 Å². The van der Waals surface area contributed by atoms with Gasteiger partial charge in [-0.25, -0.2) is 75.8 Å². The molecule has 5 aromatic carbocycles. The van der Waals surface area contributed by atoms with Gasteiger partial charge in [-0.05, 0) is 52.8 Å². The summed E-state index contributed by atoms with van der Waals surface area (Å²) in [4.78, 5) is 9.01. The predicted molar refractivity (Wildman–Crippen MR) is 214 cm³/mol. The first-order valence-electron chi connectivity index (χ1n) is 19.5. The van der Waals surface area contributed by atoms with E-state index in [2.05, 4.69) is 9.98 Å². The second-order valence-electron chi connectivity index (χ2n) is 16.2. The molecule has 0 saturated carbocycles. The van der Waals surface area contributed by atoms with Crippen LogP contribution in [0.15, 0.2) is 46.4 Å². The Bertz CT molecular complexity index is 2440. The summed E-state index contributed by atoms with van der Waals surface area (Å²) in [6.45, 7) is 14.3. The Balaban J connectivity index is 2.24. The zero-order chi connectivity index (χ0) is 48.2. The van der Waals surface area contributed by atoms with Crippen LogP contribution in [-0.2, 0) is 4.65 Å². The van der Waals surface area contributed by atoms with E-state index in [1.165, 1.54) is 12.1 Å². The molecule has 0 saturated heterocycles. The molecule has 0 aliphatic heterocycles. The number of hydrogen-bond donors (Lipinski definition) is 0. The van der Waals surface area contributed by atoms with Gasteiger partial charge in [0.1, 0.15) is 34.9 Å². The normalized spacial score (nSPS) is 12.8. The Kier molecular flexibility index (Phi) is 14.2. The maximum absolute atomic E-state index is 16.5. The van der Waals surface area contributed by atoms with Gasteiger partial charge in [0.15, 0.2) is 58.3 Å². The van der Waals surface area contributed by atoms with Crippen LogP contribution in [0.1, 0.15) is 108 Å². The summed E-state index contributed by atoms with van der Waals surface area (Å²) in [6, 6.07) is 9.32. The first-order valence-corrected chi connectivity index (χ1v) is 19.5. The van der Waals surface area contributed by atoms with Crippen LogP contribution in [0.25, 0.3) is 0 Å². The van der Waals surface area contributed by atoms with Crippen molar-refractivity contribution in [2.75, 3.05) is 0 Å². The summed E-state index contributed by atoms with van der Waals surface area (Å²) in [5.74, 6) is -50.7. The lowest BCUT2D eigenvalue weighted by molar-refractivity contribution is 0.375. The second-order valence-corrected chi connectivity index (χ2v) is 16.2. The highest BCUT2D eigenvalue weighted by molar-refractivity contribution is 7.08. The van der Waals surface area contributed by atoms with Gasteiger partial charge >= 0.3 is 0 Å². The van der Waals surface area contributed by atoms with Crippen molar-refractivity contribution in [3.8, 4) is 0 Å². The summed E-state index contributed by atoms with van der Waals surface area (Å²) < 4.78 is 242. The van der Waals surface area contributed by atoms with Crippen LogP contribution in [-0.4, -0.2) is 18.0 Å². The maximum atomic E-state index is 16.5. The van der Waals surface area contributed by atoms with Gasteiger partial charge in [-0.15, -0.1) is 0 Å². The fourth-order valence-corrected chi connectivity index (χ4v) is 7.50.